The molecule has 0 fully saturated rings. The third-order valence-corrected chi connectivity index (χ3v) is 7.83. The lowest BCUT2D eigenvalue weighted by Crippen LogP contribution is -2.09. The molecule has 0 heterocycles. The summed E-state index contributed by atoms with van der Waals surface area (Å²) in [6.45, 7) is 6.48. The van der Waals surface area contributed by atoms with E-state index in [0.29, 0.717) is 0 Å². The third-order valence-electron chi connectivity index (χ3n) is 7.83. The molecule has 0 aliphatic carbocycles. The van der Waals surface area contributed by atoms with E-state index in [0.717, 1.165) is 17.1 Å². The summed E-state index contributed by atoms with van der Waals surface area (Å²) in [5.74, 6) is 0. The molecule has 0 N–H and O–H groups in total. The van der Waals surface area contributed by atoms with Crippen molar-refractivity contribution < 1.29 is 0 Å². The molecule has 1 nitrogen and oxygen atoms in total. The van der Waals surface area contributed by atoms with E-state index in [1.54, 1.807) is 0 Å². The monoisotopic (exact) mass is 541 g/mol. The topological polar surface area (TPSA) is 3.24 Å². The molecule has 0 spiro atoms. The Labute approximate surface area is 250 Å². The van der Waals surface area contributed by atoms with Gasteiger partial charge in [-0.1, -0.05) is 121 Å². The Balaban J connectivity index is 1.34. The number of benzene rings is 6. The van der Waals surface area contributed by atoms with Gasteiger partial charge in [-0.05, 0) is 107 Å². The third kappa shape index (κ3) is 5.55. The lowest BCUT2D eigenvalue weighted by atomic mass is 9.90. The Morgan fingerprint density at radius 3 is 1.45 bits per heavy atom. The average molecular weight is 542 g/mol. The van der Waals surface area contributed by atoms with Crippen LogP contribution in [0.3, 0.4) is 0 Å². The SMILES string of the molecule is C/C=C/c1ccc(-c2ccc(-c3ccccc3-c3ccc(N(c4ccccc4)c4ccccc4)cc3)cc2C)c(C)c1. The van der Waals surface area contributed by atoms with Gasteiger partial charge in [0, 0.05) is 17.1 Å². The van der Waals surface area contributed by atoms with Crippen LogP contribution in [0.15, 0.2) is 152 Å². The smallest absolute Gasteiger partial charge is 0.0462 e. The second kappa shape index (κ2) is 12.2. The maximum absolute atomic E-state index is 2.33. The van der Waals surface area contributed by atoms with Crippen molar-refractivity contribution in [3.63, 3.8) is 0 Å². The molecule has 0 saturated heterocycles. The Bertz CT molecular complexity index is 1790. The summed E-state index contributed by atoms with van der Waals surface area (Å²) < 4.78 is 0. The van der Waals surface area contributed by atoms with Crippen molar-refractivity contribution in [1.29, 1.82) is 0 Å². The van der Waals surface area contributed by atoms with E-state index in [1.165, 1.54) is 50.1 Å². The Morgan fingerprint density at radius 2 is 0.905 bits per heavy atom. The van der Waals surface area contributed by atoms with Crippen molar-refractivity contribution in [3.05, 3.63) is 168 Å². The van der Waals surface area contributed by atoms with Crippen LogP contribution in [0.1, 0.15) is 23.6 Å². The van der Waals surface area contributed by atoms with E-state index in [4.69, 9.17) is 0 Å². The summed E-state index contributed by atoms with van der Waals surface area (Å²) in [6.07, 6.45) is 4.24. The van der Waals surface area contributed by atoms with E-state index in [9.17, 15) is 0 Å². The van der Waals surface area contributed by atoms with Gasteiger partial charge in [-0.2, -0.15) is 0 Å². The maximum Gasteiger partial charge on any atom is 0.0462 e. The van der Waals surface area contributed by atoms with Gasteiger partial charge in [0.2, 0.25) is 0 Å². The first-order valence-corrected chi connectivity index (χ1v) is 14.6. The van der Waals surface area contributed by atoms with Gasteiger partial charge in [-0.3, -0.25) is 0 Å². The second-order valence-corrected chi connectivity index (χ2v) is 10.7. The minimum Gasteiger partial charge on any atom is -0.311 e. The van der Waals surface area contributed by atoms with Gasteiger partial charge in [0.25, 0.3) is 0 Å². The van der Waals surface area contributed by atoms with Crippen molar-refractivity contribution in [1.82, 2.24) is 0 Å². The van der Waals surface area contributed by atoms with Crippen molar-refractivity contribution in [2.75, 3.05) is 4.90 Å². The van der Waals surface area contributed by atoms with Crippen LogP contribution < -0.4 is 4.90 Å². The quantitative estimate of drug-likeness (QED) is 0.194. The molecule has 6 rings (SSSR count). The largest absolute Gasteiger partial charge is 0.311 e. The fraction of sp³-hybridized carbons (Fsp3) is 0.0732. The van der Waals surface area contributed by atoms with E-state index in [-0.39, 0.29) is 0 Å². The minimum absolute atomic E-state index is 1.13. The summed E-state index contributed by atoms with van der Waals surface area (Å²) in [5.41, 5.74) is 14.7. The molecule has 0 aliphatic rings. The number of allylic oxidation sites excluding steroid dienone is 1. The van der Waals surface area contributed by atoms with E-state index in [2.05, 4.69) is 183 Å². The van der Waals surface area contributed by atoms with Gasteiger partial charge in [-0.15, -0.1) is 0 Å². The number of nitrogens with zero attached hydrogens (tertiary/aromatic N) is 1. The molecule has 0 bridgehead atoms. The van der Waals surface area contributed by atoms with Crippen LogP contribution in [0.4, 0.5) is 17.1 Å². The van der Waals surface area contributed by atoms with Crippen LogP contribution in [0.25, 0.3) is 39.5 Å². The Hall–Kier alpha value is -5.14. The molecule has 0 radical (unpaired) electrons. The average Bonchev–Trinajstić information content (AvgIpc) is 3.03. The van der Waals surface area contributed by atoms with Crippen LogP contribution in [0.2, 0.25) is 0 Å². The molecule has 6 aromatic carbocycles. The molecular formula is C41H35N. The molecule has 0 amide bonds. The molecule has 204 valence electrons. The van der Waals surface area contributed by atoms with Crippen LogP contribution in [-0.4, -0.2) is 0 Å². The van der Waals surface area contributed by atoms with Crippen molar-refractivity contribution in [2.24, 2.45) is 0 Å². The molecule has 0 atom stereocenters. The van der Waals surface area contributed by atoms with Crippen molar-refractivity contribution in [3.8, 4) is 33.4 Å². The molecular weight excluding hydrogens is 506 g/mol. The molecule has 6 aromatic rings. The number of hydrogen-bond acceptors (Lipinski definition) is 1. The fourth-order valence-electron chi connectivity index (χ4n) is 5.80. The van der Waals surface area contributed by atoms with Crippen LogP contribution in [0.5, 0.6) is 0 Å². The summed E-state index contributed by atoms with van der Waals surface area (Å²) in [4.78, 5) is 2.30. The normalized spacial score (nSPS) is 11.1. The standard InChI is InChI=1S/C41H35N/c1-4-13-32-20-26-38(30(2)28-32)39-27-23-34(29-31(39)3)41-19-12-11-18-40(41)33-21-24-37(25-22-33)42(35-14-7-5-8-15-35)36-16-9-6-10-17-36/h4-29H,1-3H3/b13-4+. The molecule has 0 unspecified atom stereocenters. The number of para-hydroxylation sites is 2. The minimum atomic E-state index is 1.13. The van der Waals surface area contributed by atoms with Crippen LogP contribution in [-0.2, 0) is 0 Å². The van der Waals surface area contributed by atoms with Gasteiger partial charge in [0.05, 0.1) is 0 Å². The zero-order chi connectivity index (χ0) is 28.9. The highest BCUT2D eigenvalue weighted by Crippen LogP contribution is 2.38. The van der Waals surface area contributed by atoms with Crippen LogP contribution in [0, 0.1) is 13.8 Å². The van der Waals surface area contributed by atoms with Gasteiger partial charge < -0.3 is 4.90 Å². The molecule has 0 aliphatic heterocycles. The zero-order valence-electron chi connectivity index (χ0n) is 24.5. The second-order valence-electron chi connectivity index (χ2n) is 10.7. The first kappa shape index (κ1) is 27.1. The van der Waals surface area contributed by atoms with Gasteiger partial charge in [0.1, 0.15) is 0 Å². The molecule has 1 heteroatoms. The summed E-state index contributed by atoms with van der Waals surface area (Å²) in [6, 6.07) is 52.3. The maximum atomic E-state index is 2.33. The summed E-state index contributed by atoms with van der Waals surface area (Å²) in [5, 5.41) is 0. The van der Waals surface area contributed by atoms with Gasteiger partial charge in [-0.25, -0.2) is 0 Å². The van der Waals surface area contributed by atoms with Gasteiger partial charge >= 0.3 is 0 Å². The first-order chi connectivity index (χ1) is 20.6. The lowest BCUT2D eigenvalue weighted by molar-refractivity contribution is 1.28. The van der Waals surface area contributed by atoms with E-state index in [1.807, 2.05) is 0 Å². The lowest BCUT2D eigenvalue weighted by Gasteiger charge is -2.25. The molecule has 0 saturated carbocycles. The fourth-order valence-corrected chi connectivity index (χ4v) is 5.80. The Morgan fingerprint density at radius 1 is 0.429 bits per heavy atom. The van der Waals surface area contributed by atoms with Crippen LogP contribution >= 0.6 is 0 Å². The van der Waals surface area contributed by atoms with E-state index >= 15 is 0 Å². The summed E-state index contributed by atoms with van der Waals surface area (Å²) >= 11 is 0. The predicted octanol–water partition coefficient (Wildman–Crippen LogP) is 11.8. The number of aryl methyl sites for hydroxylation is 2. The highest BCUT2D eigenvalue weighted by molar-refractivity contribution is 5.86. The van der Waals surface area contributed by atoms with Crippen molar-refractivity contribution in [2.45, 2.75) is 20.8 Å². The number of hydrogen-bond donors (Lipinski definition) is 0. The van der Waals surface area contributed by atoms with Gasteiger partial charge in [0.15, 0.2) is 0 Å². The molecule has 0 aromatic heterocycles. The number of anilines is 3. The zero-order valence-corrected chi connectivity index (χ0v) is 24.5. The van der Waals surface area contributed by atoms with Crippen molar-refractivity contribution >= 4 is 23.1 Å². The number of rotatable bonds is 7. The predicted molar refractivity (Wildman–Crippen MR) is 182 cm³/mol. The highest BCUT2D eigenvalue weighted by Gasteiger charge is 2.14. The Kier molecular flexibility index (Phi) is 7.83. The first-order valence-electron chi connectivity index (χ1n) is 14.6. The van der Waals surface area contributed by atoms with E-state index < -0.39 is 0 Å². The highest BCUT2D eigenvalue weighted by atomic mass is 15.1. The molecule has 42 heavy (non-hydrogen) atoms. The summed E-state index contributed by atoms with van der Waals surface area (Å²) in [7, 11) is 0.